The molecule has 148 valence electrons. The lowest BCUT2D eigenvalue weighted by Gasteiger charge is -2.34. The number of aryl methyl sites for hydroxylation is 2. The Balaban J connectivity index is 1.51. The molecule has 28 heavy (non-hydrogen) atoms. The number of nitrogens with zero attached hydrogens (tertiary/aromatic N) is 8. The van der Waals surface area contributed by atoms with Gasteiger partial charge < -0.3 is 4.90 Å². The van der Waals surface area contributed by atoms with Crippen molar-refractivity contribution >= 4 is 15.8 Å². The second-order valence-corrected chi connectivity index (χ2v) is 8.59. The van der Waals surface area contributed by atoms with Crippen LogP contribution in [0.3, 0.4) is 0 Å². The molecule has 1 fully saturated rings. The molecule has 1 aliphatic heterocycles. The zero-order chi connectivity index (χ0) is 19.9. The normalized spacial score (nSPS) is 15.9. The maximum absolute atomic E-state index is 13.1. The van der Waals surface area contributed by atoms with E-state index in [0.717, 1.165) is 11.6 Å². The predicted octanol–water partition coefficient (Wildman–Crippen LogP) is 0.524. The minimum absolute atomic E-state index is 0.313. The van der Waals surface area contributed by atoms with Crippen LogP contribution in [0, 0.1) is 13.8 Å². The summed E-state index contributed by atoms with van der Waals surface area (Å²) in [4.78, 5) is 15.0. The van der Waals surface area contributed by atoms with Gasteiger partial charge in [-0.2, -0.15) is 9.40 Å². The van der Waals surface area contributed by atoms with E-state index in [4.69, 9.17) is 0 Å². The number of hydrogen-bond donors (Lipinski definition) is 0. The third-order valence-corrected chi connectivity index (χ3v) is 7.16. The second kappa shape index (κ2) is 6.99. The largest absolute Gasteiger partial charge is 0.354 e. The van der Waals surface area contributed by atoms with Gasteiger partial charge in [-0.15, -0.1) is 0 Å². The van der Waals surface area contributed by atoms with E-state index in [1.165, 1.54) is 10.6 Å². The highest BCUT2D eigenvalue weighted by atomic mass is 32.2. The number of imidazole rings is 1. The second-order valence-electron chi connectivity index (χ2n) is 6.72. The van der Waals surface area contributed by atoms with Crippen molar-refractivity contribution in [2.24, 2.45) is 7.05 Å². The maximum atomic E-state index is 13.1. The molecular weight excluding hydrogens is 380 g/mol. The summed E-state index contributed by atoms with van der Waals surface area (Å²) < 4.78 is 31.2. The minimum atomic E-state index is -3.57. The van der Waals surface area contributed by atoms with Gasteiger partial charge in [-0.25, -0.2) is 23.4 Å². The monoisotopic (exact) mass is 402 g/mol. The summed E-state index contributed by atoms with van der Waals surface area (Å²) >= 11 is 0. The molecule has 1 saturated heterocycles. The van der Waals surface area contributed by atoms with Crippen LogP contribution >= 0.6 is 0 Å². The topological polar surface area (TPSA) is 102 Å². The summed E-state index contributed by atoms with van der Waals surface area (Å²) in [6.07, 6.45) is 6.69. The molecule has 0 radical (unpaired) electrons. The van der Waals surface area contributed by atoms with Crippen molar-refractivity contribution in [3.8, 4) is 5.82 Å². The van der Waals surface area contributed by atoms with Crippen LogP contribution in [0.2, 0.25) is 0 Å². The molecule has 0 spiro atoms. The fourth-order valence-electron chi connectivity index (χ4n) is 3.46. The Labute approximate surface area is 163 Å². The molecule has 10 nitrogen and oxygen atoms in total. The summed E-state index contributed by atoms with van der Waals surface area (Å²) in [6.45, 7) is 5.40. The lowest BCUT2D eigenvalue weighted by molar-refractivity contribution is 0.383. The van der Waals surface area contributed by atoms with E-state index in [-0.39, 0.29) is 0 Å². The fraction of sp³-hybridized carbons (Fsp3) is 0.412. The van der Waals surface area contributed by atoms with E-state index in [1.54, 1.807) is 42.7 Å². The number of piperazine rings is 1. The molecule has 0 unspecified atom stereocenters. The zero-order valence-corrected chi connectivity index (χ0v) is 16.8. The number of anilines is 1. The lowest BCUT2D eigenvalue weighted by atomic mass is 10.3. The van der Waals surface area contributed by atoms with Gasteiger partial charge in [0.15, 0.2) is 0 Å². The molecule has 3 aromatic heterocycles. The number of rotatable bonds is 4. The molecule has 11 heteroatoms. The fourth-order valence-corrected chi connectivity index (χ4v) is 5.28. The van der Waals surface area contributed by atoms with E-state index in [0.29, 0.717) is 42.5 Å². The van der Waals surface area contributed by atoms with Crippen molar-refractivity contribution in [2.45, 2.75) is 18.7 Å². The van der Waals surface area contributed by atoms with Crippen molar-refractivity contribution in [1.82, 2.24) is 33.6 Å². The Morgan fingerprint density at radius 2 is 1.75 bits per heavy atom. The molecule has 0 amide bonds. The molecule has 0 N–H and O–H groups in total. The van der Waals surface area contributed by atoms with Gasteiger partial charge in [0.25, 0.3) is 0 Å². The van der Waals surface area contributed by atoms with E-state index >= 15 is 0 Å². The summed E-state index contributed by atoms with van der Waals surface area (Å²) in [7, 11) is -1.82. The van der Waals surface area contributed by atoms with Crippen molar-refractivity contribution in [1.29, 1.82) is 0 Å². The Bertz CT molecular complexity index is 1080. The van der Waals surface area contributed by atoms with Crippen LogP contribution in [0.4, 0.5) is 5.82 Å². The number of sulfonamides is 1. The summed E-state index contributed by atoms with van der Waals surface area (Å²) in [5.74, 6) is 1.49. The van der Waals surface area contributed by atoms with Crippen LogP contribution in [0.1, 0.15) is 11.4 Å². The molecule has 4 rings (SSSR count). The molecule has 0 aromatic carbocycles. The summed E-state index contributed by atoms with van der Waals surface area (Å²) in [5.41, 5.74) is 1.18. The molecular formula is C17H22N8O2S. The lowest BCUT2D eigenvalue weighted by Crippen LogP contribution is -2.49. The predicted molar refractivity (Wildman–Crippen MR) is 103 cm³/mol. The Kier molecular flexibility index (Phi) is 4.63. The van der Waals surface area contributed by atoms with Gasteiger partial charge in [-0.05, 0) is 13.8 Å². The van der Waals surface area contributed by atoms with Crippen molar-refractivity contribution in [2.75, 3.05) is 31.1 Å². The first kappa shape index (κ1) is 18.6. The van der Waals surface area contributed by atoms with Crippen LogP contribution in [-0.4, -0.2) is 68.2 Å². The van der Waals surface area contributed by atoms with E-state index in [2.05, 4.69) is 25.0 Å². The van der Waals surface area contributed by atoms with Crippen LogP contribution in [0.15, 0.2) is 36.0 Å². The molecule has 0 aliphatic carbocycles. The Morgan fingerprint density at radius 1 is 1.04 bits per heavy atom. The van der Waals surface area contributed by atoms with Gasteiger partial charge in [-0.1, -0.05) is 0 Å². The van der Waals surface area contributed by atoms with Crippen LogP contribution in [0.5, 0.6) is 0 Å². The van der Waals surface area contributed by atoms with E-state index in [9.17, 15) is 8.42 Å². The molecule has 0 saturated carbocycles. The summed E-state index contributed by atoms with van der Waals surface area (Å²) in [5, 5.41) is 4.24. The standard InChI is InChI=1S/C17H22N8O2S/c1-13-17(14(2)22(3)21-13)28(26,27)25-8-6-23(7-9-25)15-10-16(20-11-19-15)24-5-4-18-12-24/h4-5,10-12H,6-9H2,1-3H3. The van der Waals surface area contributed by atoms with Crippen LogP contribution < -0.4 is 4.90 Å². The minimum Gasteiger partial charge on any atom is -0.354 e. The average Bonchev–Trinajstić information content (AvgIpc) is 3.31. The first-order valence-corrected chi connectivity index (χ1v) is 10.4. The molecule has 0 atom stereocenters. The van der Waals surface area contributed by atoms with Crippen molar-refractivity contribution < 1.29 is 8.42 Å². The highest BCUT2D eigenvalue weighted by molar-refractivity contribution is 7.89. The van der Waals surface area contributed by atoms with Crippen molar-refractivity contribution in [3.63, 3.8) is 0 Å². The third-order valence-electron chi connectivity index (χ3n) is 5.01. The quantitative estimate of drug-likeness (QED) is 0.627. The molecule has 3 aromatic rings. The van der Waals surface area contributed by atoms with Gasteiger partial charge in [0.05, 0.1) is 11.4 Å². The highest BCUT2D eigenvalue weighted by Crippen LogP contribution is 2.25. The smallest absolute Gasteiger partial charge is 0.246 e. The Morgan fingerprint density at radius 3 is 2.36 bits per heavy atom. The summed E-state index contributed by atoms with van der Waals surface area (Å²) in [6, 6.07) is 1.88. The van der Waals surface area contributed by atoms with Gasteiger partial charge in [0.2, 0.25) is 10.0 Å². The van der Waals surface area contributed by atoms with Gasteiger partial charge >= 0.3 is 0 Å². The average molecular weight is 402 g/mol. The van der Waals surface area contributed by atoms with E-state index in [1.807, 2.05) is 12.3 Å². The van der Waals surface area contributed by atoms with Gasteiger partial charge in [-0.3, -0.25) is 9.25 Å². The van der Waals surface area contributed by atoms with Gasteiger partial charge in [0, 0.05) is 51.7 Å². The van der Waals surface area contributed by atoms with Crippen LogP contribution in [-0.2, 0) is 17.1 Å². The number of hydrogen-bond acceptors (Lipinski definition) is 7. The first-order chi connectivity index (χ1) is 13.4. The Hall–Kier alpha value is -2.79. The van der Waals surface area contributed by atoms with Crippen molar-refractivity contribution in [3.05, 3.63) is 42.5 Å². The third kappa shape index (κ3) is 3.16. The number of aromatic nitrogens is 6. The molecule has 0 bridgehead atoms. The maximum Gasteiger partial charge on any atom is 0.246 e. The SMILES string of the molecule is Cc1nn(C)c(C)c1S(=O)(=O)N1CCN(c2cc(-n3ccnc3)ncn2)CC1. The van der Waals surface area contributed by atoms with E-state index < -0.39 is 10.0 Å². The zero-order valence-electron chi connectivity index (χ0n) is 16.0. The molecule has 1 aliphatic rings. The van der Waals surface area contributed by atoms with Gasteiger partial charge in [0.1, 0.15) is 29.2 Å². The highest BCUT2D eigenvalue weighted by Gasteiger charge is 2.33. The molecule has 4 heterocycles. The van der Waals surface area contributed by atoms with Crippen LogP contribution in [0.25, 0.3) is 5.82 Å². The first-order valence-electron chi connectivity index (χ1n) is 8.93.